The summed E-state index contributed by atoms with van der Waals surface area (Å²) in [5.41, 5.74) is 1.32. The normalized spacial score (nSPS) is 12.2. The number of benzene rings is 2. The first-order valence-electron chi connectivity index (χ1n) is 7.61. The summed E-state index contributed by atoms with van der Waals surface area (Å²) in [7, 11) is 0. The molecule has 0 heterocycles. The van der Waals surface area contributed by atoms with Crippen LogP contribution in [0, 0.1) is 11.7 Å². The SMILES string of the molecule is CC(C)[C@H](NCC(=O)Nc1c(Cl)cccc1Cl)c1ccc(F)cc1. The third-order valence-corrected chi connectivity index (χ3v) is 4.24. The van der Waals surface area contributed by atoms with Gasteiger partial charge in [-0.2, -0.15) is 0 Å². The predicted octanol–water partition coefficient (Wildman–Crippen LogP) is 5.06. The van der Waals surface area contributed by atoms with Gasteiger partial charge < -0.3 is 10.6 Å². The van der Waals surface area contributed by atoms with Crippen molar-refractivity contribution in [3.05, 3.63) is 63.9 Å². The quantitative estimate of drug-likeness (QED) is 0.748. The fourth-order valence-electron chi connectivity index (χ4n) is 2.41. The fraction of sp³-hybridized carbons (Fsp3) is 0.278. The van der Waals surface area contributed by atoms with Crippen LogP contribution < -0.4 is 10.6 Å². The van der Waals surface area contributed by atoms with Gasteiger partial charge >= 0.3 is 0 Å². The van der Waals surface area contributed by atoms with Crippen molar-refractivity contribution in [1.29, 1.82) is 0 Å². The van der Waals surface area contributed by atoms with Gasteiger partial charge in [-0.3, -0.25) is 4.79 Å². The molecule has 0 saturated heterocycles. The number of carbonyl (C=O) groups is 1. The Morgan fingerprint density at radius 3 is 2.21 bits per heavy atom. The lowest BCUT2D eigenvalue weighted by atomic mass is 9.96. The molecule has 128 valence electrons. The zero-order valence-electron chi connectivity index (χ0n) is 13.4. The third kappa shape index (κ3) is 4.94. The molecular weight excluding hydrogens is 350 g/mol. The molecule has 2 aromatic rings. The second-order valence-electron chi connectivity index (χ2n) is 5.80. The van der Waals surface area contributed by atoms with Gasteiger partial charge in [0.1, 0.15) is 5.82 Å². The van der Waals surface area contributed by atoms with Crippen LogP contribution in [-0.2, 0) is 4.79 Å². The molecule has 0 aliphatic heterocycles. The predicted molar refractivity (Wildman–Crippen MR) is 97.1 cm³/mol. The van der Waals surface area contributed by atoms with Crippen LogP contribution in [0.2, 0.25) is 10.0 Å². The van der Waals surface area contributed by atoms with E-state index in [1.165, 1.54) is 12.1 Å². The van der Waals surface area contributed by atoms with Crippen LogP contribution in [0.1, 0.15) is 25.5 Å². The summed E-state index contributed by atoms with van der Waals surface area (Å²) in [5, 5.41) is 6.67. The number of rotatable bonds is 6. The van der Waals surface area contributed by atoms with E-state index in [2.05, 4.69) is 10.6 Å². The molecular formula is C18H19Cl2FN2O. The van der Waals surface area contributed by atoms with E-state index in [4.69, 9.17) is 23.2 Å². The lowest BCUT2D eigenvalue weighted by Crippen LogP contribution is -2.33. The van der Waals surface area contributed by atoms with E-state index >= 15 is 0 Å². The average molecular weight is 369 g/mol. The number of halogens is 3. The molecule has 24 heavy (non-hydrogen) atoms. The van der Waals surface area contributed by atoms with Crippen molar-refractivity contribution in [3.8, 4) is 0 Å². The number of hydrogen-bond acceptors (Lipinski definition) is 2. The summed E-state index contributed by atoms with van der Waals surface area (Å²) in [5.74, 6) is -0.308. The van der Waals surface area contributed by atoms with Crippen molar-refractivity contribution >= 4 is 34.8 Å². The van der Waals surface area contributed by atoms with E-state index in [1.54, 1.807) is 30.3 Å². The maximum absolute atomic E-state index is 13.1. The van der Waals surface area contributed by atoms with Crippen molar-refractivity contribution in [3.63, 3.8) is 0 Å². The van der Waals surface area contributed by atoms with Gasteiger partial charge in [0.05, 0.1) is 22.3 Å². The fourth-order valence-corrected chi connectivity index (χ4v) is 2.90. The number of amides is 1. The number of hydrogen-bond donors (Lipinski definition) is 2. The molecule has 1 amide bonds. The molecule has 0 aliphatic carbocycles. The minimum atomic E-state index is -0.285. The largest absolute Gasteiger partial charge is 0.322 e. The van der Waals surface area contributed by atoms with Gasteiger partial charge in [0, 0.05) is 6.04 Å². The van der Waals surface area contributed by atoms with Crippen molar-refractivity contribution < 1.29 is 9.18 Å². The molecule has 2 rings (SSSR count). The standard InChI is InChI=1S/C18H19Cl2FN2O/c1-11(2)17(12-6-8-13(21)9-7-12)22-10-16(24)23-18-14(19)4-3-5-15(18)20/h3-9,11,17,22H,10H2,1-2H3,(H,23,24)/t17-/m0/s1. The van der Waals surface area contributed by atoms with Gasteiger partial charge in [-0.1, -0.05) is 55.2 Å². The Hall–Kier alpha value is -1.62. The molecule has 0 aliphatic rings. The van der Waals surface area contributed by atoms with E-state index in [1.807, 2.05) is 13.8 Å². The summed E-state index contributed by atoms with van der Waals surface area (Å²) in [4.78, 5) is 12.2. The highest BCUT2D eigenvalue weighted by Crippen LogP contribution is 2.29. The second kappa shape index (κ2) is 8.47. The molecule has 2 N–H and O–H groups in total. The Labute approximate surface area is 151 Å². The minimum absolute atomic E-state index is 0.0712. The molecule has 6 heteroatoms. The molecule has 0 spiro atoms. The third-order valence-electron chi connectivity index (χ3n) is 3.61. The van der Waals surface area contributed by atoms with Gasteiger partial charge in [-0.05, 0) is 35.7 Å². The Bertz CT molecular complexity index is 684. The number of para-hydroxylation sites is 1. The molecule has 0 unspecified atom stereocenters. The highest BCUT2D eigenvalue weighted by molar-refractivity contribution is 6.39. The number of nitrogens with one attached hydrogen (secondary N) is 2. The zero-order chi connectivity index (χ0) is 17.7. The molecule has 0 fully saturated rings. The summed E-state index contributed by atoms with van der Waals surface area (Å²) in [6, 6.07) is 11.2. The van der Waals surface area contributed by atoms with E-state index in [9.17, 15) is 9.18 Å². The van der Waals surface area contributed by atoms with E-state index in [0.29, 0.717) is 15.7 Å². The average Bonchev–Trinajstić information content (AvgIpc) is 2.52. The topological polar surface area (TPSA) is 41.1 Å². The summed E-state index contributed by atoms with van der Waals surface area (Å²) < 4.78 is 13.1. The molecule has 0 saturated carbocycles. The van der Waals surface area contributed by atoms with Crippen LogP contribution in [0.15, 0.2) is 42.5 Å². The highest BCUT2D eigenvalue weighted by atomic mass is 35.5. The van der Waals surface area contributed by atoms with Gasteiger partial charge in [0.15, 0.2) is 0 Å². The molecule has 0 bridgehead atoms. The molecule has 2 aromatic carbocycles. The van der Waals surface area contributed by atoms with Crippen molar-refractivity contribution in [2.75, 3.05) is 11.9 Å². The van der Waals surface area contributed by atoms with Crippen LogP contribution >= 0.6 is 23.2 Å². The van der Waals surface area contributed by atoms with Crippen LogP contribution in [0.4, 0.5) is 10.1 Å². The van der Waals surface area contributed by atoms with Gasteiger partial charge in [-0.15, -0.1) is 0 Å². The molecule has 0 aromatic heterocycles. The van der Waals surface area contributed by atoms with Crippen molar-refractivity contribution in [2.24, 2.45) is 5.92 Å². The maximum atomic E-state index is 13.1. The van der Waals surface area contributed by atoms with Crippen molar-refractivity contribution in [1.82, 2.24) is 5.32 Å². The smallest absolute Gasteiger partial charge is 0.238 e. The molecule has 3 nitrogen and oxygen atoms in total. The monoisotopic (exact) mass is 368 g/mol. The van der Waals surface area contributed by atoms with Gasteiger partial charge in [0.2, 0.25) is 5.91 Å². The summed E-state index contributed by atoms with van der Waals surface area (Å²) in [6.07, 6.45) is 0. The first kappa shape index (κ1) is 18.7. The lowest BCUT2D eigenvalue weighted by Gasteiger charge is -2.23. The van der Waals surface area contributed by atoms with Crippen molar-refractivity contribution in [2.45, 2.75) is 19.9 Å². The van der Waals surface area contributed by atoms with E-state index in [-0.39, 0.29) is 30.2 Å². The second-order valence-corrected chi connectivity index (χ2v) is 6.61. The minimum Gasteiger partial charge on any atom is -0.322 e. The van der Waals surface area contributed by atoms with Crippen LogP contribution in [0.25, 0.3) is 0 Å². The Kier molecular flexibility index (Phi) is 6.60. The van der Waals surface area contributed by atoms with Crippen LogP contribution in [0.5, 0.6) is 0 Å². The number of carbonyl (C=O) groups excluding carboxylic acids is 1. The summed E-state index contributed by atoms with van der Waals surface area (Å²) in [6.45, 7) is 4.15. The number of anilines is 1. The van der Waals surface area contributed by atoms with Crippen LogP contribution in [-0.4, -0.2) is 12.5 Å². The Balaban J connectivity index is 2.01. The van der Waals surface area contributed by atoms with Crippen LogP contribution in [0.3, 0.4) is 0 Å². The highest BCUT2D eigenvalue weighted by Gasteiger charge is 2.17. The first-order valence-corrected chi connectivity index (χ1v) is 8.36. The Morgan fingerprint density at radius 1 is 1.08 bits per heavy atom. The van der Waals surface area contributed by atoms with E-state index in [0.717, 1.165) is 5.56 Å². The molecule has 0 radical (unpaired) electrons. The van der Waals surface area contributed by atoms with E-state index < -0.39 is 0 Å². The lowest BCUT2D eigenvalue weighted by molar-refractivity contribution is -0.115. The molecule has 1 atom stereocenters. The Morgan fingerprint density at radius 2 is 1.67 bits per heavy atom. The zero-order valence-corrected chi connectivity index (χ0v) is 15.0. The maximum Gasteiger partial charge on any atom is 0.238 e. The van der Waals surface area contributed by atoms with Gasteiger partial charge in [-0.25, -0.2) is 4.39 Å². The summed E-state index contributed by atoms with van der Waals surface area (Å²) >= 11 is 12.1. The first-order chi connectivity index (χ1) is 11.4. The van der Waals surface area contributed by atoms with Gasteiger partial charge in [0.25, 0.3) is 0 Å².